The van der Waals surface area contributed by atoms with Crippen LogP contribution in [0.1, 0.15) is 43.2 Å². The molecule has 242 valence electrons. The lowest BCUT2D eigenvalue weighted by molar-refractivity contribution is -0.137. The van der Waals surface area contributed by atoms with Gasteiger partial charge in [-0.15, -0.1) is 0 Å². The summed E-state index contributed by atoms with van der Waals surface area (Å²) in [5.74, 6) is -0.948. The van der Waals surface area contributed by atoms with Gasteiger partial charge in [-0.1, -0.05) is 0 Å². The molecule has 7 rings (SSSR count). The molecule has 45 heavy (non-hydrogen) atoms. The monoisotopic (exact) mass is 634 g/mol. The molecule has 2 bridgehead atoms. The van der Waals surface area contributed by atoms with E-state index in [0.29, 0.717) is 38.5 Å². The van der Waals surface area contributed by atoms with Crippen molar-refractivity contribution in [3.05, 3.63) is 29.2 Å². The fourth-order valence-corrected chi connectivity index (χ4v) is 7.95. The Morgan fingerprint density at radius 1 is 1.13 bits per heavy atom. The number of hydrogen-bond acceptors (Lipinski definition) is 10. The van der Waals surface area contributed by atoms with Gasteiger partial charge in [0, 0.05) is 45.4 Å². The minimum Gasteiger partial charge on any atom is -0.461 e. The van der Waals surface area contributed by atoms with Gasteiger partial charge in [-0.3, -0.25) is 9.88 Å². The fourth-order valence-electron chi connectivity index (χ4n) is 7.95. The third kappa shape index (κ3) is 5.22. The first-order chi connectivity index (χ1) is 21.4. The van der Waals surface area contributed by atoms with E-state index < -0.39 is 40.7 Å². The molecule has 3 aromatic rings. The van der Waals surface area contributed by atoms with Crippen molar-refractivity contribution < 1.29 is 31.4 Å². The molecule has 4 saturated heterocycles. The number of methoxy groups -OCH3 is 1. The first kappa shape index (κ1) is 30.2. The summed E-state index contributed by atoms with van der Waals surface area (Å²) < 4.78 is 85.1. The highest BCUT2D eigenvalue weighted by molar-refractivity contribution is 5.92. The lowest BCUT2D eigenvalue weighted by Crippen LogP contribution is -2.61. The van der Waals surface area contributed by atoms with Crippen molar-refractivity contribution in [2.45, 2.75) is 68.5 Å². The normalized spacial score (nSPS) is 28.3. The Kier molecular flexibility index (Phi) is 7.28. The van der Waals surface area contributed by atoms with Gasteiger partial charge in [0.2, 0.25) is 0 Å². The van der Waals surface area contributed by atoms with Crippen molar-refractivity contribution in [2.75, 3.05) is 57.1 Å². The van der Waals surface area contributed by atoms with Crippen LogP contribution in [0.2, 0.25) is 0 Å². The molecule has 0 amide bonds. The summed E-state index contributed by atoms with van der Waals surface area (Å²) in [5, 5.41) is 3.85. The van der Waals surface area contributed by atoms with Crippen LogP contribution in [0.4, 0.5) is 33.6 Å². The minimum atomic E-state index is -4.84. The topological polar surface area (TPSA) is 115 Å². The maximum absolute atomic E-state index is 16.5. The molecule has 0 aromatic carbocycles. The Labute approximate surface area is 256 Å². The standard InChI is InChI=1S/C30H35F5N8O2/c1-16-8-20(36)38-24(21(16)30(33,34)35)25-22(32)23-19(10-37-25)26(42-12-18-4-6-28(13-42,41-18)14-44-2)40-27(39-23)45-15-29-5-3-7-43(29)11-17(31)9-29/h8,10,17-18,41H,3-7,9,11-15H2,1-2H3,(H2,36,38)/t17-,18+,28-,29+/m1/s1. The number of aryl methyl sites for hydroxylation is 1. The molecule has 0 saturated carbocycles. The molecular formula is C30H35F5N8O2. The summed E-state index contributed by atoms with van der Waals surface area (Å²) in [4.78, 5) is 21.2. The predicted molar refractivity (Wildman–Crippen MR) is 156 cm³/mol. The van der Waals surface area contributed by atoms with E-state index in [1.165, 1.54) is 13.1 Å². The largest absolute Gasteiger partial charge is 0.461 e. The number of nitrogens with zero attached hydrogens (tertiary/aromatic N) is 6. The van der Waals surface area contributed by atoms with E-state index in [1.807, 2.05) is 4.90 Å². The summed E-state index contributed by atoms with van der Waals surface area (Å²) in [5.41, 5.74) is 2.01. The van der Waals surface area contributed by atoms with E-state index in [-0.39, 0.29) is 46.5 Å². The highest BCUT2D eigenvalue weighted by Crippen LogP contribution is 2.43. The van der Waals surface area contributed by atoms with Crippen LogP contribution in [0.25, 0.3) is 22.3 Å². The zero-order valence-electron chi connectivity index (χ0n) is 25.1. The van der Waals surface area contributed by atoms with Crippen molar-refractivity contribution in [1.29, 1.82) is 0 Å². The van der Waals surface area contributed by atoms with E-state index in [0.717, 1.165) is 38.3 Å². The number of anilines is 2. The zero-order chi connectivity index (χ0) is 31.7. The Hall–Kier alpha value is -3.43. The van der Waals surface area contributed by atoms with Gasteiger partial charge in [-0.05, 0) is 50.8 Å². The Morgan fingerprint density at radius 3 is 2.73 bits per heavy atom. The summed E-state index contributed by atoms with van der Waals surface area (Å²) >= 11 is 0. The van der Waals surface area contributed by atoms with Gasteiger partial charge < -0.3 is 25.4 Å². The Balaban J connectivity index is 1.35. The number of ether oxygens (including phenoxy) is 2. The lowest BCUT2D eigenvalue weighted by atomic mass is 9.95. The van der Waals surface area contributed by atoms with Gasteiger partial charge in [0.15, 0.2) is 5.82 Å². The molecule has 0 aliphatic carbocycles. The molecule has 0 unspecified atom stereocenters. The summed E-state index contributed by atoms with van der Waals surface area (Å²) in [6.07, 6.45) is -0.791. The summed E-state index contributed by atoms with van der Waals surface area (Å²) in [6, 6.07) is 1.07. The smallest absolute Gasteiger partial charge is 0.418 e. The molecule has 4 fully saturated rings. The number of rotatable bonds is 7. The number of halogens is 5. The van der Waals surface area contributed by atoms with Crippen molar-refractivity contribution in [3.63, 3.8) is 0 Å². The van der Waals surface area contributed by atoms with Gasteiger partial charge in [0.25, 0.3) is 0 Å². The highest BCUT2D eigenvalue weighted by Gasteiger charge is 2.50. The molecule has 4 atom stereocenters. The number of aromatic nitrogens is 4. The summed E-state index contributed by atoms with van der Waals surface area (Å²) in [7, 11) is 1.63. The van der Waals surface area contributed by atoms with Crippen LogP contribution in [0.15, 0.2) is 12.3 Å². The molecular weight excluding hydrogens is 599 g/mol. The number of hydrogen-bond donors (Lipinski definition) is 2. The van der Waals surface area contributed by atoms with Crippen LogP contribution in [0, 0.1) is 12.7 Å². The quantitative estimate of drug-likeness (QED) is 0.369. The maximum atomic E-state index is 16.5. The molecule has 3 aromatic heterocycles. The van der Waals surface area contributed by atoms with Gasteiger partial charge in [-0.25, -0.2) is 13.8 Å². The van der Waals surface area contributed by atoms with Gasteiger partial charge in [0.1, 0.15) is 41.3 Å². The van der Waals surface area contributed by atoms with E-state index in [1.54, 1.807) is 7.11 Å². The second kappa shape index (κ2) is 10.8. The third-order valence-electron chi connectivity index (χ3n) is 9.75. The van der Waals surface area contributed by atoms with Gasteiger partial charge >= 0.3 is 12.2 Å². The number of nitrogens with one attached hydrogen (secondary N) is 1. The van der Waals surface area contributed by atoms with Crippen LogP contribution in [0.3, 0.4) is 0 Å². The number of piperazine rings is 1. The number of alkyl halides is 4. The van der Waals surface area contributed by atoms with Gasteiger partial charge in [-0.2, -0.15) is 23.1 Å². The number of pyridine rings is 2. The number of nitrogen functional groups attached to an aromatic ring is 1. The maximum Gasteiger partial charge on any atom is 0.418 e. The van der Waals surface area contributed by atoms with E-state index in [2.05, 4.69) is 25.2 Å². The van der Waals surface area contributed by atoms with Crippen molar-refractivity contribution in [1.82, 2.24) is 30.2 Å². The molecule has 0 radical (unpaired) electrons. The molecule has 4 aliphatic rings. The SMILES string of the molecule is COC[C@@]12CC[C@@H](CN(c3nc(OC[C@@]45CCCN4C[C@H](F)C5)nc4c(F)c(-c5nc(N)cc(C)c5C(F)(F)F)ncc34)C1)N2. The average Bonchev–Trinajstić information content (AvgIpc) is 3.59. The lowest BCUT2D eigenvalue weighted by Gasteiger charge is -2.41. The molecule has 3 N–H and O–H groups in total. The molecule has 0 spiro atoms. The zero-order valence-corrected chi connectivity index (χ0v) is 25.1. The van der Waals surface area contributed by atoms with Crippen molar-refractivity contribution in [3.8, 4) is 17.4 Å². The van der Waals surface area contributed by atoms with Crippen LogP contribution >= 0.6 is 0 Å². The second-order valence-electron chi connectivity index (χ2n) is 12.9. The Morgan fingerprint density at radius 2 is 1.96 bits per heavy atom. The second-order valence-corrected chi connectivity index (χ2v) is 12.9. The molecule has 10 nitrogen and oxygen atoms in total. The van der Waals surface area contributed by atoms with Crippen LogP contribution < -0.4 is 20.7 Å². The van der Waals surface area contributed by atoms with E-state index in [9.17, 15) is 17.6 Å². The predicted octanol–water partition coefficient (Wildman–Crippen LogP) is 4.05. The van der Waals surface area contributed by atoms with Gasteiger partial charge in [0.05, 0.1) is 28.6 Å². The van der Waals surface area contributed by atoms with E-state index in [4.69, 9.17) is 20.2 Å². The molecule has 4 aliphatic heterocycles. The number of fused-ring (bicyclic) bond motifs is 4. The van der Waals surface area contributed by atoms with Crippen LogP contribution in [-0.4, -0.2) is 94.6 Å². The first-order valence-electron chi connectivity index (χ1n) is 15.1. The number of nitrogens with two attached hydrogens (primary N) is 1. The highest BCUT2D eigenvalue weighted by atomic mass is 19.4. The van der Waals surface area contributed by atoms with E-state index >= 15 is 4.39 Å². The molecule has 7 heterocycles. The van der Waals surface area contributed by atoms with Crippen molar-refractivity contribution in [2.24, 2.45) is 0 Å². The third-order valence-corrected chi connectivity index (χ3v) is 9.75. The average molecular weight is 635 g/mol. The first-order valence-corrected chi connectivity index (χ1v) is 15.1. The van der Waals surface area contributed by atoms with Crippen LogP contribution in [-0.2, 0) is 10.9 Å². The summed E-state index contributed by atoms with van der Waals surface area (Å²) in [6.45, 7) is 3.92. The minimum absolute atomic E-state index is 0.101. The fraction of sp³-hybridized carbons (Fsp3) is 0.600. The van der Waals surface area contributed by atoms with Crippen LogP contribution in [0.5, 0.6) is 6.01 Å². The Bertz CT molecular complexity index is 1640. The molecule has 15 heteroatoms. The van der Waals surface area contributed by atoms with Crippen molar-refractivity contribution >= 4 is 22.5 Å².